The third-order valence-electron chi connectivity index (χ3n) is 17.9. The largest absolute Gasteiger partial charge is 0.480 e. The summed E-state index contributed by atoms with van der Waals surface area (Å²) in [4.78, 5) is 36.5. The maximum Gasteiger partial charge on any atom is 0.335 e. The third kappa shape index (κ3) is 8.20. The lowest BCUT2D eigenvalue weighted by Crippen LogP contribution is -2.64. The number of hydrogen-bond acceptors (Lipinski definition) is 4. The van der Waals surface area contributed by atoms with Crippen LogP contribution in [0, 0.1) is 50.2 Å². The molecule has 1 amide bonds. The van der Waals surface area contributed by atoms with Crippen LogP contribution in [0.1, 0.15) is 166 Å². The number of carboxylic acid groups (broad SMARTS) is 2. The van der Waals surface area contributed by atoms with Crippen LogP contribution in [-0.2, 0) is 27.4 Å². The van der Waals surface area contributed by atoms with Crippen LogP contribution in [0.4, 0.5) is 0 Å². The standard InChI is InChI=1S/C52H73NO6/c1-47(2)29-31-52(26-12-11-15-44(54)53-40(46(57)58)22-18-35-13-9-8-10-14-35)32-30-50(6)38(39(52)33-47)21-23-42-49(5)27-25-43(48(3,4)41(49)24-28-51(42,50)7)59-34-36-16-19-37(20-17-36)45(55)56/h8-10,13-14,16-17,19-21,39-43H,11-12,15,18,22-34H2,1-7H3,(H,53,54)(H,55,56)(H,57,58)/t39?,40-,41?,42?,43-,49-,50+,51+,52+/m0/s1. The van der Waals surface area contributed by atoms with E-state index in [0.29, 0.717) is 54.6 Å². The maximum atomic E-state index is 13.1. The van der Waals surface area contributed by atoms with Gasteiger partial charge >= 0.3 is 11.9 Å². The second-order valence-electron chi connectivity index (χ2n) is 21.9. The molecule has 0 saturated heterocycles. The van der Waals surface area contributed by atoms with E-state index in [1.165, 1.54) is 51.4 Å². The monoisotopic (exact) mass is 808 g/mol. The van der Waals surface area contributed by atoms with E-state index in [1.54, 1.807) is 17.7 Å². The van der Waals surface area contributed by atoms with Gasteiger partial charge in [0.05, 0.1) is 18.3 Å². The fourth-order valence-electron chi connectivity index (χ4n) is 14.2. The fraction of sp³-hybridized carbons (Fsp3) is 0.673. The Kier molecular flexibility index (Phi) is 12.2. The molecule has 7 heteroatoms. The zero-order valence-corrected chi connectivity index (χ0v) is 37.2. The molecule has 322 valence electrons. The summed E-state index contributed by atoms with van der Waals surface area (Å²) < 4.78 is 6.73. The molecule has 7 rings (SSSR count). The Labute approximate surface area is 354 Å². The molecule has 0 spiro atoms. The van der Waals surface area contributed by atoms with E-state index < -0.39 is 18.0 Å². The van der Waals surface area contributed by atoms with E-state index in [1.807, 2.05) is 42.5 Å². The summed E-state index contributed by atoms with van der Waals surface area (Å²) >= 11 is 0. The molecule has 5 aliphatic rings. The number of hydrogen-bond donors (Lipinski definition) is 3. The van der Waals surface area contributed by atoms with Crippen LogP contribution in [0.15, 0.2) is 66.2 Å². The summed E-state index contributed by atoms with van der Waals surface area (Å²) in [6.45, 7) is 18.4. The lowest BCUT2D eigenvalue weighted by molar-refractivity contribution is -0.213. The molecule has 4 saturated carbocycles. The van der Waals surface area contributed by atoms with E-state index in [-0.39, 0.29) is 39.1 Å². The number of carbonyl (C=O) groups is 3. The summed E-state index contributed by atoms with van der Waals surface area (Å²) in [7, 11) is 0. The van der Waals surface area contributed by atoms with Gasteiger partial charge in [-0.3, -0.25) is 4.79 Å². The highest BCUT2D eigenvalue weighted by atomic mass is 16.5. The van der Waals surface area contributed by atoms with Gasteiger partial charge in [0.1, 0.15) is 6.04 Å². The molecule has 3 unspecified atom stereocenters. The predicted molar refractivity (Wildman–Crippen MR) is 234 cm³/mol. The molecule has 0 bridgehead atoms. The van der Waals surface area contributed by atoms with Crippen molar-refractivity contribution in [3.8, 4) is 0 Å². The number of rotatable bonds is 14. The van der Waals surface area contributed by atoms with E-state index in [0.717, 1.165) is 43.2 Å². The molecule has 3 N–H and O–H groups in total. The number of carbonyl (C=O) groups excluding carboxylic acids is 1. The van der Waals surface area contributed by atoms with Crippen molar-refractivity contribution >= 4 is 17.8 Å². The number of carboxylic acids is 2. The van der Waals surface area contributed by atoms with Gasteiger partial charge in [-0.25, -0.2) is 9.59 Å². The van der Waals surface area contributed by atoms with Crippen molar-refractivity contribution in [1.82, 2.24) is 5.32 Å². The molecule has 59 heavy (non-hydrogen) atoms. The van der Waals surface area contributed by atoms with Gasteiger partial charge in [-0.05, 0) is 163 Å². The number of allylic oxidation sites excluding steroid dienone is 2. The number of unbranched alkanes of at least 4 members (excludes halogenated alkanes) is 1. The van der Waals surface area contributed by atoms with Crippen molar-refractivity contribution < 1.29 is 29.3 Å². The van der Waals surface area contributed by atoms with E-state index in [9.17, 15) is 24.6 Å². The van der Waals surface area contributed by atoms with Crippen LogP contribution in [-0.4, -0.2) is 40.2 Å². The first-order valence-corrected chi connectivity index (χ1v) is 23.0. The number of fused-ring (bicyclic) bond motifs is 7. The molecule has 0 heterocycles. The molecule has 0 aromatic heterocycles. The molecule has 2 aromatic carbocycles. The van der Waals surface area contributed by atoms with Crippen molar-refractivity contribution in [3.63, 3.8) is 0 Å². The van der Waals surface area contributed by atoms with Gasteiger partial charge < -0.3 is 20.3 Å². The van der Waals surface area contributed by atoms with Gasteiger partial charge in [0, 0.05) is 6.42 Å². The Hall–Kier alpha value is -3.45. The molecule has 0 aliphatic heterocycles. The Bertz CT molecular complexity index is 1880. The first kappa shape index (κ1) is 43.6. The highest BCUT2D eigenvalue weighted by Crippen LogP contribution is 2.76. The average molecular weight is 808 g/mol. The number of aryl methyl sites for hydroxylation is 1. The van der Waals surface area contributed by atoms with E-state index >= 15 is 0 Å². The first-order valence-electron chi connectivity index (χ1n) is 23.0. The van der Waals surface area contributed by atoms with Crippen LogP contribution >= 0.6 is 0 Å². The van der Waals surface area contributed by atoms with Crippen LogP contribution in [0.2, 0.25) is 0 Å². The zero-order valence-electron chi connectivity index (χ0n) is 37.2. The van der Waals surface area contributed by atoms with Gasteiger partial charge in [0.25, 0.3) is 0 Å². The van der Waals surface area contributed by atoms with Gasteiger partial charge in [0.15, 0.2) is 0 Å². The van der Waals surface area contributed by atoms with Crippen LogP contribution in [0.3, 0.4) is 0 Å². The molecule has 0 radical (unpaired) electrons. The quantitative estimate of drug-likeness (QED) is 0.129. The number of benzene rings is 2. The number of amides is 1. The van der Waals surface area contributed by atoms with Crippen LogP contribution < -0.4 is 5.32 Å². The smallest absolute Gasteiger partial charge is 0.335 e. The zero-order chi connectivity index (χ0) is 42.4. The predicted octanol–water partition coefficient (Wildman–Crippen LogP) is 11.8. The molecule has 5 aliphatic carbocycles. The van der Waals surface area contributed by atoms with Crippen molar-refractivity contribution in [2.24, 2.45) is 50.2 Å². The first-order chi connectivity index (χ1) is 27.8. The normalized spacial score (nSPS) is 34.8. The van der Waals surface area contributed by atoms with Crippen molar-refractivity contribution in [2.75, 3.05) is 0 Å². The van der Waals surface area contributed by atoms with Crippen molar-refractivity contribution in [3.05, 3.63) is 82.9 Å². The second kappa shape index (κ2) is 16.4. The van der Waals surface area contributed by atoms with Crippen molar-refractivity contribution in [2.45, 2.75) is 170 Å². The Morgan fingerprint density at radius 1 is 0.797 bits per heavy atom. The van der Waals surface area contributed by atoms with Crippen LogP contribution in [0.5, 0.6) is 0 Å². The molecule has 7 nitrogen and oxygen atoms in total. The van der Waals surface area contributed by atoms with Gasteiger partial charge in [-0.2, -0.15) is 0 Å². The Balaban J connectivity index is 1.02. The van der Waals surface area contributed by atoms with E-state index in [2.05, 4.69) is 59.9 Å². The SMILES string of the molecule is CC1(C)CC[C@]2(CCCCC(=O)N[C@@H](CCc3ccccc3)C(=O)O)CC[C@]3(C)C(=CCC4[C@@]5(C)CC[C@H](OCc6ccc(C(=O)O)cc6)C(C)(C)C5CC[C@]43C)C2C1. The summed E-state index contributed by atoms with van der Waals surface area (Å²) in [6.07, 6.45) is 19.4. The highest BCUT2D eigenvalue weighted by Gasteiger charge is 2.68. The fourth-order valence-corrected chi connectivity index (χ4v) is 14.2. The minimum Gasteiger partial charge on any atom is -0.480 e. The lowest BCUT2D eigenvalue weighted by Gasteiger charge is -2.71. The number of ether oxygens (including phenoxy) is 1. The third-order valence-corrected chi connectivity index (χ3v) is 17.9. The maximum absolute atomic E-state index is 13.1. The molecular formula is C52H73NO6. The minimum absolute atomic E-state index is 0.0307. The number of aromatic carboxylic acids is 1. The van der Waals surface area contributed by atoms with Crippen LogP contribution in [0.25, 0.3) is 0 Å². The Morgan fingerprint density at radius 2 is 1.51 bits per heavy atom. The molecule has 2 aromatic rings. The topological polar surface area (TPSA) is 113 Å². The molecule has 9 atom stereocenters. The summed E-state index contributed by atoms with van der Waals surface area (Å²) in [5.41, 5.74) is 5.41. The highest BCUT2D eigenvalue weighted by molar-refractivity contribution is 5.87. The average Bonchev–Trinajstić information content (AvgIpc) is 3.18. The number of nitrogens with one attached hydrogen (secondary N) is 1. The molecular weight excluding hydrogens is 735 g/mol. The Morgan fingerprint density at radius 3 is 2.20 bits per heavy atom. The number of aliphatic carboxylic acids is 1. The summed E-state index contributed by atoms with van der Waals surface area (Å²) in [6, 6.07) is 16.1. The summed E-state index contributed by atoms with van der Waals surface area (Å²) in [5.74, 6) is -0.244. The van der Waals surface area contributed by atoms with Gasteiger partial charge in [0.2, 0.25) is 5.91 Å². The van der Waals surface area contributed by atoms with E-state index in [4.69, 9.17) is 4.74 Å². The van der Waals surface area contributed by atoms with Gasteiger partial charge in [-0.15, -0.1) is 0 Å². The lowest BCUT2D eigenvalue weighted by atomic mass is 9.33. The second-order valence-corrected chi connectivity index (χ2v) is 21.9. The molecule has 4 fully saturated rings. The summed E-state index contributed by atoms with van der Waals surface area (Å²) in [5, 5.41) is 22.0. The van der Waals surface area contributed by atoms with Crippen molar-refractivity contribution in [1.29, 1.82) is 0 Å². The minimum atomic E-state index is -0.963. The van der Waals surface area contributed by atoms with Gasteiger partial charge in [-0.1, -0.05) is 109 Å².